The Morgan fingerprint density at radius 3 is 3.00 bits per heavy atom. The Morgan fingerprint density at radius 1 is 1.22 bits per heavy atom. The molecule has 3 nitrogen and oxygen atoms in total. The number of hydrogen-bond acceptors (Lipinski definition) is 3. The molecule has 1 aromatic heterocycles. The maximum Gasteiger partial charge on any atom is 0.129 e. The Labute approximate surface area is 108 Å². The summed E-state index contributed by atoms with van der Waals surface area (Å²) in [6, 6.07) is 12.6. The standard InChI is InChI=1S/C15H19N3/c16-9-7-12-8-10-18(11-12)15-6-5-13-3-1-2-4-14(13)17-15/h1-6,12H,7-11,16H2. The molecule has 1 saturated heterocycles. The summed E-state index contributed by atoms with van der Waals surface area (Å²) in [7, 11) is 0. The van der Waals surface area contributed by atoms with E-state index in [1.807, 2.05) is 6.07 Å². The van der Waals surface area contributed by atoms with Gasteiger partial charge in [-0.1, -0.05) is 18.2 Å². The molecule has 2 aromatic rings. The third-order valence-corrected chi connectivity index (χ3v) is 3.77. The molecule has 3 heteroatoms. The summed E-state index contributed by atoms with van der Waals surface area (Å²) < 4.78 is 0. The van der Waals surface area contributed by atoms with Gasteiger partial charge in [-0.15, -0.1) is 0 Å². The predicted molar refractivity (Wildman–Crippen MR) is 75.7 cm³/mol. The molecule has 2 heterocycles. The average Bonchev–Trinajstić information content (AvgIpc) is 2.87. The van der Waals surface area contributed by atoms with E-state index in [1.54, 1.807) is 0 Å². The van der Waals surface area contributed by atoms with Gasteiger partial charge >= 0.3 is 0 Å². The van der Waals surface area contributed by atoms with Crippen LogP contribution in [0.15, 0.2) is 36.4 Å². The fourth-order valence-electron chi connectivity index (χ4n) is 2.74. The van der Waals surface area contributed by atoms with Crippen molar-refractivity contribution in [2.75, 3.05) is 24.5 Å². The molecule has 0 bridgehead atoms. The van der Waals surface area contributed by atoms with Crippen LogP contribution in [0.4, 0.5) is 5.82 Å². The van der Waals surface area contributed by atoms with E-state index in [0.29, 0.717) is 0 Å². The van der Waals surface area contributed by atoms with Crippen molar-refractivity contribution in [3.63, 3.8) is 0 Å². The monoisotopic (exact) mass is 241 g/mol. The quantitative estimate of drug-likeness (QED) is 0.897. The first-order valence-corrected chi connectivity index (χ1v) is 6.67. The van der Waals surface area contributed by atoms with Gasteiger partial charge in [0, 0.05) is 18.5 Å². The molecule has 1 fully saturated rings. The van der Waals surface area contributed by atoms with Gasteiger partial charge in [0.2, 0.25) is 0 Å². The number of para-hydroxylation sites is 1. The minimum Gasteiger partial charge on any atom is -0.356 e. The number of fused-ring (bicyclic) bond motifs is 1. The highest BCUT2D eigenvalue weighted by Crippen LogP contribution is 2.25. The highest BCUT2D eigenvalue weighted by molar-refractivity contribution is 5.80. The number of hydrogen-bond donors (Lipinski definition) is 1. The maximum atomic E-state index is 5.63. The van der Waals surface area contributed by atoms with Gasteiger partial charge in [-0.3, -0.25) is 0 Å². The number of nitrogens with two attached hydrogens (primary N) is 1. The van der Waals surface area contributed by atoms with E-state index in [1.165, 1.54) is 11.8 Å². The second-order valence-electron chi connectivity index (χ2n) is 5.04. The zero-order chi connectivity index (χ0) is 12.4. The van der Waals surface area contributed by atoms with Crippen LogP contribution < -0.4 is 10.6 Å². The minimum absolute atomic E-state index is 0.739. The van der Waals surface area contributed by atoms with Gasteiger partial charge < -0.3 is 10.6 Å². The van der Waals surface area contributed by atoms with Gasteiger partial charge in [-0.2, -0.15) is 0 Å². The molecular weight excluding hydrogens is 222 g/mol. The summed E-state index contributed by atoms with van der Waals surface area (Å²) >= 11 is 0. The first-order valence-electron chi connectivity index (χ1n) is 6.67. The van der Waals surface area contributed by atoms with Crippen LogP contribution in [0.3, 0.4) is 0 Å². The van der Waals surface area contributed by atoms with Gasteiger partial charge in [-0.25, -0.2) is 4.98 Å². The molecule has 1 unspecified atom stereocenters. The van der Waals surface area contributed by atoms with Crippen LogP contribution in [0.1, 0.15) is 12.8 Å². The third-order valence-electron chi connectivity index (χ3n) is 3.77. The van der Waals surface area contributed by atoms with E-state index < -0.39 is 0 Å². The first-order chi connectivity index (χ1) is 8.86. The molecule has 0 spiro atoms. The van der Waals surface area contributed by atoms with Crippen LogP contribution in [-0.2, 0) is 0 Å². The molecule has 18 heavy (non-hydrogen) atoms. The van der Waals surface area contributed by atoms with E-state index in [2.05, 4.69) is 35.2 Å². The predicted octanol–water partition coefficient (Wildman–Crippen LogP) is 2.41. The van der Waals surface area contributed by atoms with Gasteiger partial charge in [0.25, 0.3) is 0 Å². The number of pyridine rings is 1. The van der Waals surface area contributed by atoms with Crippen molar-refractivity contribution in [1.82, 2.24) is 4.98 Å². The molecule has 1 aliphatic heterocycles. The molecule has 1 aliphatic rings. The molecule has 0 saturated carbocycles. The molecule has 1 atom stereocenters. The average molecular weight is 241 g/mol. The zero-order valence-corrected chi connectivity index (χ0v) is 10.5. The van der Waals surface area contributed by atoms with E-state index in [-0.39, 0.29) is 0 Å². The Balaban J connectivity index is 1.82. The van der Waals surface area contributed by atoms with Crippen LogP contribution in [0, 0.1) is 5.92 Å². The lowest BCUT2D eigenvalue weighted by Gasteiger charge is -2.17. The highest BCUT2D eigenvalue weighted by Gasteiger charge is 2.22. The Bertz CT molecular complexity index is 538. The van der Waals surface area contributed by atoms with Crippen molar-refractivity contribution < 1.29 is 0 Å². The van der Waals surface area contributed by atoms with Crippen LogP contribution in [-0.4, -0.2) is 24.6 Å². The number of benzene rings is 1. The van der Waals surface area contributed by atoms with Crippen LogP contribution >= 0.6 is 0 Å². The van der Waals surface area contributed by atoms with Crippen LogP contribution in [0.5, 0.6) is 0 Å². The lowest BCUT2D eigenvalue weighted by Crippen LogP contribution is -2.21. The SMILES string of the molecule is NCCC1CCN(c2ccc3ccccc3n2)C1. The smallest absolute Gasteiger partial charge is 0.129 e. The summed E-state index contributed by atoms with van der Waals surface area (Å²) in [5.74, 6) is 1.84. The van der Waals surface area contributed by atoms with Crippen molar-refractivity contribution in [2.24, 2.45) is 11.7 Å². The van der Waals surface area contributed by atoms with Gasteiger partial charge in [-0.05, 0) is 43.5 Å². The zero-order valence-electron chi connectivity index (χ0n) is 10.5. The van der Waals surface area contributed by atoms with Crippen molar-refractivity contribution in [3.8, 4) is 0 Å². The second kappa shape index (κ2) is 4.94. The van der Waals surface area contributed by atoms with E-state index in [4.69, 9.17) is 10.7 Å². The van der Waals surface area contributed by atoms with Gasteiger partial charge in [0.1, 0.15) is 5.82 Å². The van der Waals surface area contributed by atoms with Crippen molar-refractivity contribution >= 4 is 16.7 Å². The molecule has 3 rings (SSSR count). The first kappa shape index (κ1) is 11.5. The number of anilines is 1. The Hall–Kier alpha value is -1.61. The normalized spacial score (nSPS) is 19.6. The van der Waals surface area contributed by atoms with Crippen molar-refractivity contribution in [3.05, 3.63) is 36.4 Å². The fraction of sp³-hybridized carbons (Fsp3) is 0.400. The summed E-state index contributed by atoms with van der Waals surface area (Å²) in [6.45, 7) is 3.00. The molecule has 0 aliphatic carbocycles. The van der Waals surface area contributed by atoms with Gasteiger partial charge in [0.15, 0.2) is 0 Å². The fourth-order valence-corrected chi connectivity index (χ4v) is 2.74. The van der Waals surface area contributed by atoms with Crippen molar-refractivity contribution in [1.29, 1.82) is 0 Å². The number of rotatable bonds is 3. The summed E-state index contributed by atoms with van der Waals surface area (Å²) in [5, 5.41) is 1.21. The lowest BCUT2D eigenvalue weighted by atomic mass is 10.1. The summed E-state index contributed by atoms with van der Waals surface area (Å²) in [4.78, 5) is 7.13. The molecule has 1 aromatic carbocycles. The topological polar surface area (TPSA) is 42.1 Å². The largest absolute Gasteiger partial charge is 0.356 e. The molecule has 0 radical (unpaired) electrons. The van der Waals surface area contributed by atoms with Crippen LogP contribution in [0.2, 0.25) is 0 Å². The van der Waals surface area contributed by atoms with E-state index >= 15 is 0 Å². The highest BCUT2D eigenvalue weighted by atomic mass is 15.2. The lowest BCUT2D eigenvalue weighted by molar-refractivity contribution is 0.546. The molecule has 0 amide bonds. The molecule has 94 valence electrons. The second-order valence-corrected chi connectivity index (χ2v) is 5.04. The Kier molecular flexibility index (Phi) is 3.15. The molecule has 2 N–H and O–H groups in total. The number of aromatic nitrogens is 1. The third kappa shape index (κ3) is 2.18. The summed E-state index contributed by atoms with van der Waals surface area (Å²) in [5.41, 5.74) is 6.71. The van der Waals surface area contributed by atoms with Gasteiger partial charge in [0.05, 0.1) is 5.52 Å². The number of nitrogens with zero attached hydrogens (tertiary/aromatic N) is 2. The van der Waals surface area contributed by atoms with Crippen LogP contribution in [0.25, 0.3) is 10.9 Å². The van der Waals surface area contributed by atoms with E-state index in [0.717, 1.165) is 43.3 Å². The van der Waals surface area contributed by atoms with E-state index in [9.17, 15) is 0 Å². The van der Waals surface area contributed by atoms with Crippen molar-refractivity contribution in [2.45, 2.75) is 12.8 Å². The minimum atomic E-state index is 0.739. The summed E-state index contributed by atoms with van der Waals surface area (Å²) in [6.07, 6.45) is 2.37. The Morgan fingerprint density at radius 2 is 2.11 bits per heavy atom. The molecular formula is C15H19N3. The maximum absolute atomic E-state index is 5.63.